The van der Waals surface area contributed by atoms with Crippen LogP contribution < -0.4 is 5.32 Å². The molecule has 1 saturated heterocycles. The van der Waals surface area contributed by atoms with Gasteiger partial charge in [-0.15, -0.1) is 0 Å². The van der Waals surface area contributed by atoms with Gasteiger partial charge in [0, 0.05) is 13.0 Å². The van der Waals surface area contributed by atoms with E-state index < -0.39 is 17.6 Å². The zero-order chi connectivity index (χ0) is 25.1. The fourth-order valence-electron chi connectivity index (χ4n) is 3.37. The van der Waals surface area contributed by atoms with E-state index in [1.54, 1.807) is 6.08 Å². The molecule has 0 bridgehead atoms. The van der Waals surface area contributed by atoms with Crippen LogP contribution >= 0.6 is 24.0 Å². The molecule has 0 spiro atoms. The van der Waals surface area contributed by atoms with Gasteiger partial charge in [0.25, 0.3) is 5.91 Å². The predicted molar refractivity (Wildman–Crippen MR) is 134 cm³/mol. The first-order chi connectivity index (χ1) is 15.9. The van der Waals surface area contributed by atoms with Crippen LogP contribution in [0.4, 0.5) is 18.9 Å². The number of hydrogen-bond acceptors (Lipinski definition) is 4. The number of carbonyl (C=O) groups is 2. The maximum absolute atomic E-state index is 13.1. The maximum atomic E-state index is 13.1. The number of nitrogens with one attached hydrogen (secondary N) is 1. The topological polar surface area (TPSA) is 49.4 Å². The van der Waals surface area contributed by atoms with Crippen molar-refractivity contribution < 1.29 is 22.8 Å². The SMILES string of the molecule is CC(C)(C)c1ccc(/C=C2\SC(=S)N(CCCC(=O)Nc3ccccc3C(F)(F)F)C2=O)cc1. The molecule has 2 aromatic carbocycles. The highest BCUT2D eigenvalue weighted by molar-refractivity contribution is 8.26. The minimum atomic E-state index is -4.56. The fraction of sp³-hybridized carbons (Fsp3) is 0.320. The van der Waals surface area contributed by atoms with E-state index >= 15 is 0 Å². The van der Waals surface area contributed by atoms with Gasteiger partial charge in [-0.3, -0.25) is 14.5 Å². The summed E-state index contributed by atoms with van der Waals surface area (Å²) in [5.41, 5.74) is 0.917. The summed E-state index contributed by atoms with van der Waals surface area (Å²) in [6, 6.07) is 12.8. The number of benzene rings is 2. The summed E-state index contributed by atoms with van der Waals surface area (Å²) in [7, 11) is 0. The summed E-state index contributed by atoms with van der Waals surface area (Å²) in [5, 5.41) is 2.31. The Kier molecular flexibility index (Phi) is 7.88. The van der Waals surface area contributed by atoms with Crippen molar-refractivity contribution in [2.45, 2.75) is 45.2 Å². The molecule has 1 N–H and O–H groups in total. The number of anilines is 1. The lowest BCUT2D eigenvalue weighted by Gasteiger charge is -2.18. The zero-order valence-electron chi connectivity index (χ0n) is 19.0. The van der Waals surface area contributed by atoms with Gasteiger partial charge in [0.2, 0.25) is 5.91 Å². The molecular weight excluding hydrogens is 481 g/mol. The molecule has 0 saturated carbocycles. The highest BCUT2D eigenvalue weighted by atomic mass is 32.2. The second kappa shape index (κ2) is 10.3. The summed E-state index contributed by atoms with van der Waals surface area (Å²) in [5.74, 6) is -0.797. The minimum absolute atomic E-state index is 0.0308. The number of halogens is 3. The van der Waals surface area contributed by atoms with Crippen molar-refractivity contribution in [1.82, 2.24) is 4.90 Å². The summed E-state index contributed by atoms with van der Waals surface area (Å²) in [6.07, 6.45) is -2.56. The Morgan fingerprint density at radius 2 is 1.74 bits per heavy atom. The van der Waals surface area contributed by atoms with E-state index in [0.29, 0.717) is 9.23 Å². The highest BCUT2D eigenvalue weighted by Crippen LogP contribution is 2.35. The van der Waals surface area contributed by atoms with Crippen molar-refractivity contribution in [1.29, 1.82) is 0 Å². The van der Waals surface area contributed by atoms with E-state index in [2.05, 4.69) is 26.1 Å². The highest BCUT2D eigenvalue weighted by Gasteiger charge is 2.34. The number of hydrogen-bond donors (Lipinski definition) is 1. The molecule has 1 fully saturated rings. The number of para-hydroxylation sites is 1. The Labute approximate surface area is 206 Å². The van der Waals surface area contributed by atoms with E-state index in [1.807, 2.05) is 24.3 Å². The lowest BCUT2D eigenvalue weighted by atomic mass is 9.87. The Bertz CT molecular complexity index is 1120. The van der Waals surface area contributed by atoms with E-state index in [-0.39, 0.29) is 36.4 Å². The third kappa shape index (κ3) is 6.48. The average molecular weight is 507 g/mol. The molecule has 1 aliphatic rings. The summed E-state index contributed by atoms with van der Waals surface area (Å²) >= 11 is 6.52. The lowest BCUT2D eigenvalue weighted by Crippen LogP contribution is -2.29. The molecule has 1 aliphatic heterocycles. The van der Waals surface area contributed by atoms with Crippen molar-refractivity contribution in [3.63, 3.8) is 0 Å². The van der Waals surface area contributed by atoms with Crippen molar-refractivity contribution in [3.05, 3.63) is 70.1 Å². The molecule has 4 nitrogen and oxygen atoms in total. The van der Waals surface area contributed by atoms with Crippen LogP contribution in [0.1, 0.15) is 50.3 Å². The monoisotopic (exact) mass is 506 g/mol. The van der Waals surface area contributed by atoms with Crippen LogP contribution in [-0.2, 0) is 21.2 Å². The van der Waals surface area contributed by atoms with Gasteiger partial charge < -0.3 is 5.32 Å². The van der Waals surface area contributed by atoms with Gasteiger partial charge in [-0.2, -0.15) is 13.2 Å². The number of nitrogens with zero attached hydrogens (tertiary/aromatic N) is 1. The molecule has 34 heavy (non-hydrogen) atoms. The Morgan fingerprint density at radius 3 is 2.35 bits per heavy atom. The molecule has 0 radical (unpaired) electrons. The fourth-order valence-corrected chi connectivity index (χ4v) is 4.68. The third-order valence-electron chi connectivity index (χ3n) is 5.24. The van der Waals surface area contributed by atoms with Gasteiger partial charge in [0.15, 0.2) is 0 Å². The van der Waals surface area contributed by atoms with E-state index in [0.717, 1.165) is 11.6 Å². The summed E-state index contributed by atoms with van der Waals surface area (Å²) in [6.45, 7) is 6.59. The van der Waals surface area contributed by atoms with Crippen LogP contribution in [0, 0.1) is 0 Å². The molecular formula is C25H25F3N2O2S2. The molecule has 0 aromatic heterocycles. The Hall–Kier alpha value is -2.65. The normalized spacial score (nSPS) is 15.8. The number of carbonyl (C=O) groups excluding carboxylic acids is 2. The second-order valence-corrected chi connectivity index (χ2v) is 10.6. The minimum Gasteiger partial charge on any atom is -0.326 e. The first-order valence-corrected chi connectivity index (χ1v) is 11.9. The molecule has 2 aromatic rings. The number of rotatable bonds is 6. The predicted octanol–water partition coefficient (Wildman–Crippen LogP) is 6.62. The Balaban J connectivity index is 1.57. The van der Waals surface area contributed by atoms with E-state index in [4.69, 9.17) is 12.2 Å². The molecule has 1 heterocycles. The maximum Gasteiger partial charge on any atom is 0.418 e. The summed E-state index contributed by atoms with van der Waals surface area (Å²) < 4.78 is 39.7. The number of alkyl halides is 3. The molecule has 2 amide bonds. The van der Waals surface area contributed by atoms with Crippen molar-refractivity contribution in [2.75, 3.05) is 11.9 Å². The molecule has 180 valence electrons. The zero-order valence-corrected chi connectivity index (χ0v) is 20.7. The van der Waals surface area contributed by atoms with Gasteiger partial charge in [0.1, 0.15) is 4.32 Å². The smallest absolute Gasteiger partial charge is 0.326 e. The van der Waals surface area contributed by atoms with Crippen LogP contribution in [0.2, 0.25) is 0 Å². The van der Waals surface area contributed by atoms with Crippen LogP contribution in [0.15, 0.2) is 53.4 Å². The van der Waals surface area contributed by atoms with Crippen molar-refractivity contribution in [2.24, 2.45) is 0 Å². The quantitative estimate of drug-likeness (QED) is 0.353. The third-order valence-corrected chi connectivity index (χ3v) is 6.62. The van der Waals surface area contributed by atoms with E-state index in [1.165, 1.54) is 40.4 Å². The van der Waals surface area contributed by atoms with Gasteiger partial charge in [-0.05, 0) is 41.2 Å². The van der Waals surface area contributed by atoms with Crippen molar-refractivity contribution in [3.8, 4) is 0 Å². The molecule has 9 heteroatoms. The van der Waals surface area contributed by atoms with Crippen molar-refractivity contribution >= 4 is 51.9 Å². The number of thiocarbonyl (C=S) groups is 1. The average Bonchev–Trinajstić information content (AvgIpc) is 3.00. The molecule has 0 atom stereocenters. The van der Waals surface area contributed by atoms with Crippen LogP contribution in [0.3, 0.4) is 0 Å². The van der Waals surface area contributed by atoms with Gasteiger partial charge >= 0.3 is 6.18 Å². The van der Waals surface area contributed by atoms with Crippen LogP contribution in [0.25, 0.3) is 6.08 Å². The van der Waals surface area contributed by atoms with Gasteiger partial charge in [-0.25, -0.2) is 0 Å². The molecule has 0 aliphatic carbocycles. The first kappa shape index (κ1) is 26.0. The van der Waals surface area contributed by atoms with Gasteiger partial charge in [0.05, 0.1) is 16.2 Å². The standard InChI is InChI=1S/C25H25F3N2O2S2/c1-24(2,3)17-12-10-16(11-13-17)15-20-22(32)30(23(33)34-20)14-6-9-21(31)29-19-8-5-4-7-18(19)25(26,27)28/h4-5,7-8,10-13,15H,6,9,14H2,1-3H3,(H,29,31)/b20-15-. The number of amides is 2. The lowest BCUT2D eigenvalue weighted by molar-refractivity contribution is -0.137. The summed E-state index contributed by atoms with van der Waals surface area (Å²) in [4.78, 5) is 26.9. The molecule has 0 unspecified atom stereocenters. The first-order valence-electron chi connectivity index (χ1n) is 10.7. The second-order valence-electron chi connectivity index (χ2n) is 8.90. The van der Waals surface area contributed by atoms with E-state index in [9.17, 15) is 22.8 Å². The van der Waals surface area contributed by atoms with Gasteiger partial charge in [-0.1, -0.05) is 81.1 Å². The van der Waals surface area contributed by atoms with Crippen LogP contribution in [0.5, 0.6) is 0 Å². The molecule has 3 rings (SSSR count). The van der Waals surface area contributed by atoms with Crippen LogP contribution in [-0.4, -0.2) is 27.6 Å². The largest absolute Gasteiger partial charge is 0.418 e. The number of thioether (sulfide) groups is 1. The Morgan fingerprint density at radius 1 is 1.09 bits per heavy atom.